The van der Waals surface area contributed by atoms with E-state index in [4.69, 9.17) is 15.2 Å². The van der Waals surface area contributed by atoms with Crippen molar-refractivity contribution in [3.8, 4) is 5.75 Å². The number of carbonyl (C=O) groups excluding carboxylic acids is 1. The lowest BCUT2D eigenvalue weighted by Gasteiger charge is -2.10. The van der Waals surface area contributed by atoms with E-state index < -0.39 is 0 Å². The van der Waals surface area contributed by atoms with Crippen LogP contribution in [-0.4, -0.2) is 26.2 Å². The minimum Gasteiger partial charge on any atom is -0.494 e. The Morgan fingerprint density at radius 3 is 2.61 bits per heavy atom. The van der Waals surface area contributed by atoms with Crippen LogP contribution in [0.5, 0.6) is 5.75 Å². The third kappa shape index (κ3) is 7.24. The Morgan fingerprint density at radius 1 is 1.14 bits per heavy atom. The van der Waals surface area contributed by atoms with E-state index in [9.17, 15) is 4.79 Å². The maximum Gasteiger partial charge on any atom is 0.253 e. The molecule has 0 saturated heterocycles. The Bertz CT molecular complexity index is 718. The maximum atomic E-state index is 12.5. The smallest absolute Gasteiger partial charge is 0.253 e. The average molecular weight is 385 g/mol. The van der Waals surface area contributed by atoms with Gasteiger partial charge in [-0.25, -0.2) is 0 Å². The van der Waals surface area contributed by atoms with Crippen LogP contribution >= 0.6 is 0 Å². The highest BCUT2D eigenvalue weighted by Gasteiger charge is 2.13. The van der Waals surface area contributed by atoms with Gasteiger partial charge in [0.1, 0.15) is 5.75 Å². The second-order valence-electron chi connectivity index (χ2n) is 6.88. The minimum atomic E-state index is -0.143. The molecule has 0 atom stereocenters. The molecule has 1 amide bonds. The van der Waals surface area contributed by atoms with Crippen molar-refractivity contribution in [2.45, 2.75) is 45.6 Å². The average Bonchev–Trinajstić information content (AvgIpc) is 2.90. The fourth-order valence-corrected chi connectivity index (χ4v) is 2.95. The fourth-order valence-electron chi connectivity index (χ4n) is 2.95. The van der Waals surface area contributed by atoms with E-state index in [-0.39, 0.29) is 5.91 Å². The van der Waals surface area contributed by atoms with Gasteiger partial charge in [0.2, 0.25) is 0 Å². The second kappa shape index (κ2) is 12.0. The number of carbonyl (C=O) groups is 1. The third-order valence-corrected chi connectivity index (χ3v) is 4.69. The molecule has 0 bridgehead atoms. The predicted octanol–water partition coefficient (Wildman–Crippen LogP) is 4.01. The van der Waals surface area contributed by atoms with Gasteiger partial charge < -0.3 is 20.5 Å². The number of rotatable bonds is 11. The molecule has 0 aromatic heterocycles. The van der Waals surface area contributed by atoms with Crippen LogP contribution in [0.2, 0.25) is 0 Å². The molecule has 0 unspecified atom stereocenters. The highest BCUT2D eigenvalue weighted by molar-refractivity contribution is 5.97. The summed E-state index contributed by atoms with van der Waals surface area (Å²) in [7, 11) is 1.72. The molecule has 1 aromatic carbocycles. The number of benzene rings is 1. The molecule has 1 aromatic rings. The quantitative estimate of drug-likeness (QED) is 0.566. The Hall–Kier alpha value is -2.53. The van der Waals surface area contributed by atoms with E-state index in [2.05, 4.69) is 12.2 Å². The van der Waals surface area contributed by atoms with Gasteiger partial charge in [0.15, 0.2) is 0 Å². The van der Waals surface area contributed by atoms with E-state index in [1.165, 1.54) is 5.57 Å². The molecule has 28 heavy (non-hydrogen) atoms. The van der Waals surface area contributed by atoms with Crippen molar-refractivity contribution in [3.63, 3.8) is 0 Å². The first kappa shape index (κ1) is 21.8. The Morgan fingerprint density at radius 2 is 1.89 bits per heavy atom. The summed E-state index contributed by atoms with van der Waals surface area (Å²) in [5.74, 6) is 0.703. The molecule has 0 heterocycles. The molecular weight excluding hydrogens is 352 g/mol. The number of nitrogens with two attached hydrogens (primary N) is 1. The summed E-state index contributed by atoms with van der Waals surface area (Å²) < 4.78 is 10.8. The fraction of sp³-hybridized carbons (Fsp3) is 0.435. The molecule has 3 N–H and O–H groups in total. The maximum absolute atomic E-state index is 12.5. The van der Waals surface area contributed by atoms with Gasteiger partial charge in [-0.1, -0.05) is 36.8 Å². The largest absolute Gasteiger partial charge is 0.494 e. The van der Waals surface area contributed by atoms with Crippen molar-refractivity contribution in [1.29, 1.82) is 0 Å². The summed E-state index contributed by atoms with van der Waals surface area (Å²) in [4.78, 5) is 12.5. The van der Waals surface area contributed by atoms with Crippen molar-refractivity contribution in [2.75, 3.05) is 20.3 Å². The number of ether oxygens (including phenoxy) is 2. The van der Waals surface area contributed by atoms with Crippen LogP contribution in [-0.2, 0) is 16.1 Å². The van der Waals surface area contributed by atoms with Crippen LogP contribution in [0.3, 0.4) is 0 Å². The molecule has 5 nitrogen and oxygen atoms in total. The topological polar surface area (TPSA) is 73.6 Å². The second-order valence-corrected chi connectivity index (χ2v) is 6.88. The zero-order valence-corrected chi connectivity index (χ0v) is 17.0. The first-order chi connectivity index (χ1) is 13.6. The zero-order chi connectivity index (χ0) is 20.2. The lowest BCUT2D eigenvalue weighted by atomic mass is 10.1. The molecule has 2 rings (SSSR count). The third-order valence-electron chi connectivity index (χ3n) is 4.69. The van der Waals surface area contributed by atoms with Crippen LogP contribution in [0, 0.1) is 0 Å². The number of hydrogen-bond donors (Lipinski definition) is 2. The van der Waals surface area contributed by atoms with Gasteiger partial charge in [0, 0.05) is 32.4 Å². The number of hydrogen-bond acceptors (Lipinski definition) is 4. The molecule has 0 aliphatic heterocycles. The molecule has 152 valence electrons. The van der Waals surface area contributed by atoms with Crippen LogP contribution in [0.25, 0.3) is 0 Å². The Balaban J connectivity index is 1.77. The van der Waals surface area contributed by atoms with Crippen LogP contribution in [0.15, 0.2) is 59.3 Å². The highest BCUT2D eigenvalue weighted by atomic mass is 16.5. The SMILES string of the molecule is CCC1=CC=CC(C(=O)NCc2ccc(OCCCCCOC)cc2)=C(N)C1. The number of unbranched alkanes of at least 4 members (excludes halogenated alkanes) is 2. The standard InChI is InChI=1S/C23H32N2O3/c1-3-18-8-7-9-21(22(24)16-18)23(26)25-17-19-10-12-20(13-11-19)28-15-6-4-5-14-27-2/h7-13H,3-6,14-17,24H2,1-2H3,(H,25,26). The van der Waals surface area contributed by atoms with Gasteiger partial charge in [-0.3, -0.25) is 4.79 Å². The molecule has 1 aliphatic rings. The number of methoxy groups -OCH3 is 1. The van der Waals surface area contributed by atoms with E-state index in [1.54, 1.807) is 13.2 Å². The Kier molecular flexibility index (Phi) is 9.35. The van der Waals surface area contributed by atoms with E-state index in [0.717, 1.165) is 43.6 Å². The Labute approximate surface area is 168 Å². The van der Waals surface area contributed by atoms with Crippen molar-refractivity contribution in [3.05, 3.63) is 64.9 Å². The minimum absolute atomic E-state index is 0.143. The predicted molar refractivity (Wildman–Crippen MR) is 113 cm³/mol. The molecule has 1 aliphatic carbocycles. The molecule has 0 fully saturated rings. The van der Waals surface area contributed by atoms with Crippen molar-refractivity contribution < 1.29 is 14.3 Å². The van der Waals surface area contributed by atoms with E-state index in [1.807, 2.05) is 36.4 Å². The van der Waals surface area contributed by atoms with Crippen molar-refractivity contribution >= 4 is 5.91 Å². The number of nitrogens with one attached hydrogen (secondary N) is 1. The van der Waals surface area contributed by atoms with E-state index >= 15 is 0 Å². The van der Waals surface area contributed by atoms with Gasteiger partial charge >= 0.3 is 0 Å². The van der Waals surface area contributed by atoms with E-state index in [0.29, 0.717) is 30.8 Å². The van der Waals surface area contributed by atoms with Gasteiger partial charge in [0.25, 0.3) is 5.91 Å². The summed E-state index contributed by atoms with van der Waals surface area (Å²) in [6.45, 7) is 4.05. The molecule has 0 saturated carbocycles. The summed E-state index contributed by atoms with van der Waals surface area (Å²) in [5.41, 5.74) is 9.54. The molecule has 0 spiro atoms. The van der Waals surface area contributed by atoms with Gasteiger partial charge in [-0.05, 0) is 49.5 Å². The van der Waals surface area contributed by atoms with Crippen LogP contribution in [0.4, 0.5) is 0 Å². The summed E-state index contributed by atoms with van der Waals surface area (Å²) >= 11 is 0. The zero-order valence-electron chi connectivity index (χ0n) is 17.0. The summed E-state index contributed by atoms with van der Waals surface area (Å²) in [6, 6.07) is 7.82. The van der Waals surface area contributed by atoms with Gasteiger partial charge in [0.05, 0.1) is 12.2 Å². The molecule has 5 heteroatoms. The van der Waals surface area contributed by atoms with Crippen molar-refractivity contribution in [1.82, 2.24) is 5.32 Å². The lowest BCUT2D eigenvalue weighted by Crippen LogP contribution is -2.26. The lowest BCUT2D eigenvalue weighted by molar-refractivity contribution is -0.117. The van der Waals surface area contributed by atoms with Gasteiger partial charge in [-0.15, -0.1) is 0 Å². The van der Waals surface area contributed by atoms with Crippen LogP contribution < -0.4 is 15.8 Å². The normalized spacial score (nSPS) is 13.9. The first-order valence-corrected chi connectivity index (χ1v) is 9.97. The highest BCUT2D eigenvalue weighted by Crippen LogP contribution is 2.19. The molecular formula is C23H32N2O3. The van der Waals surface area contributed by atoms with Crippen molar-refractivity contribution in [2.24, 2.45) is 5.73 Å². The van der Waals surface area contributed by atoms with Gasteiger partial charge in [-0.2, -0.15) is 0 Å². The number of allylic oxidation sites excluding steroid dienone is 3. The number of amides is 1. The monoisotopic (exact) mass is 384 g/mol. The summed E-state index contributed by atoms with van der Waals surface area (Å²) in [6.07, 6.45) is 10.5. The van der Waals surface area contributed by atoms with Crippen LogP contribution in [0.1, 0.15) is 44.6 Å². The first-order valence-electron chi connectivity index (χ1n) is 9.97. The molecule has 0 radical (unpaired) electrons. The summed E-state index contributed by atoms with van der Waals surface area (Å²) in [5, 5.41) is 2.95.